The first kappa shape index (κ1) is 16.8. The lowest BCUT2D eigenvalue weighted by atomic mass is 10.1. The molecule has 0 aliphatic carbocycles. The lowest BCUT2D eigenvalue weighted by molar-refractivity contribution is 0.0981. The van der Waals surface area contributed by atoms with E-state index in [4.69, 9.17) is 11.6 Å². The van der Waals surface area contributed by atoms with Crippen LogP contribution in [0.15, 0.2) is 42.5 Å². The number of halogens is 1. The Labute approximate surface area is 146 Å². The van der Waals surface area contributed by atoms with E-state index in [2.05, 4.69) is 4.72 Å². The predicted octanol–water partition coefficient (Wildman–Crippen LogP) is 3.30. The van der Waals surface area contributed by atoms with Crippen LogP contribution < -0.4 is 9.62 Å². The second-order valence-electron chi connectivity index (χ2n) is 5.93. The van der Waals surface area contributed by atoms with Gasteiger partial charge in [0.1, 0.15) is 0 Å². The summed E-state index contributed by atoms with van der Waals surface area (Å²) in [5, 5.41) is 0.213. The minimum atomic E-state index is -3.40. The van der Waals surface area contributed by atoms with Crippen molar-refractivity contribution in [2.75, 3.05) is 15.9 Å². The van der Waals surface area contributed by atoms with Gasteiger partial charge in [0.05, 0.1) is 16.8 Å². The molecule has 2 aromatic rings. The summed E-state index contributed by atoms with van der Waals surface area (Å²) in [6.45, 7) is 1.99. The summed E-state index contributed by atoms with van der Waals surface area (Å²) in [6, 6.07) is 12.4. The van der Waals surface area contributed by atoms with Gasteiger partial charge >= 0.3 is 0 Å². The zero-order valence-electron chi connectivity index (χ0n) is 13.3. The van der Waals surface area contributed by atoms with E-state index in [1.165, 1.54) is 12.1 Å². The first-order chi connectivity index (χ1) is 11.3. The van der Waals surface area contributed by atoms with E-state index in [0.717, 1.165) is 23.9 Å². The van der Waals surface area contributed by atoms with Crippen LogP contribution in [0.1, 0.15) is 22.8 Å². The Morgan fingerprint density at radius 1 is 1.25 bits per heavy atom. The average molecular weight is 365 g/mol. The highest BCUT2D eigenvalue weighted by molar-refractivity contribution is 7.92. The largest absolute Gasteiger partial charge is 0.305 e. The Hall–Kier alpha value is -2.05. The van der Waals surface area contributed by atoms with Crippen molar-refractivity contribution in [2.24, 2.45) is 0 Å². The molecule has 2 aromatic carbocycles. The average Bonchev–Trinajstić information content (AvgIpc) is 2.80. The molecule has 1 N–H and O–H groups in total. The Morgan fingerprint density at radius 3 is 2.62 bits per heavy atom. The normalized spacial score (nSPS) is 16.8. The lowest BCUT2D eigenvalue weighted by Crippen LogP contribution is -2.35. The van der Waals surface area contributed by atoms with E-state index in [0.29, 0.717) is 11.3 Å². The molecule has 7 heteroatoms. The fourth-order valence-corrected chi connectivity index (χ4v) is 3.79. The maximum Gasteiger partial charge on any atom is 0.260 e. The van der Waals surface area contributed by atoms with Crippen LogP contribution in [-0.2, 0) is 16.4 Å². The number of fused-ring (bicyclic) bond motifs is 1. The van der Waals surface area contributed by atoms with Crippen LogP contribution in [0.3, 0.4) is 0 Å². The van der Waals surface area contributed by atoms with Crippen molar-refractivity contribution in [2.45, 2.75) is 19.4 Å². The topological polar surface area (TPSA) is 66.5 Å². The van der Waals surface area contributed by atoms with Gasteiger partial charge in [-0.25, -0.2) is 8.42 Å². The summed E-state index contributed by atoms with van der Waals surface area (Å²) in [5.74, 6) is -0.191. The third kappa shape index (κ3) is 3.25. The van der Waals surface area contributed by atoms with Crippen molar-refractivity contribution < 1.29 is 13.2 Å². The smallest absolute Gasteiger partial charge is 0.260 e. The molecule has 0 bridgehead atoms. The zero-order valence-corrected chi connectivity index (χ0v) is 14.9. The summed E-state index contributed by atoms with van der Waals surface area (Å²) in [6.07, 6.45) is 1.86. The van der Waals surface area contributed by atoms with Gasteiger partial charge in [-0.3, -0.25) is 9.52 Å². The van der Waals surface area contributed by atoms with Gasteiger partial charge in [0, 0.05) is 17.4 Å². The third-order valence-corrected chi connectivity index (χ3v) is 4.85. The van der Waals surface area contributed by atoms with E-state index in [-0.39, 0.29) is 17.0 Å². The van der Waals surface area contributed by atoms with Gasteiger partial charge < -0.3 is 4.90 Å². The number of hydrogen-bond donors (Lipinski definition) is 1. The molecular weight excluding hydrogens is 348 g/mol. The highest BCUT2D eigenvalue weighted by Crippen LogP contribution is 2.34. The molecule has 1 amide bonds. The monoisotopic (exact) mass is 364 g/mol. The van der Waals surface area contributed by atoms with E-state index in [1.807, 2.05) is 31.2 Å². The standard InChI is InChI=1S/C17H17ClN2O3S/c1-11-9-12-5-3-4-6-16(12)20(11)17(21)14-8-7-13(10-15(14)18)19-24(2,22)23/h3-8,10-11,19H,9H2,1-2H3/t11-/m0/s1. The Bertz CT molecular complexity index is 912. The van der Waals surface area contributed by atoms with Gasteiger partial charge in [-0.15, -0.1) is 0 Å². The van der Waals surface area contributed by atoms with E-state index < -0.39 is 10.0 Å². The van der Waals surface area contributed by atoms with Crippen LogP contribution in [0.25, 0.3) is 0 Å². The van der Waals surface area contributed by atoms with Crippen LogP contribution in [0.5, 0.6) is 0 Å². The highest BCUT2D eigenvalue weighted by Gasteiger charge is 2.32. The van der Waals surface area contributed by atoms with Crippen molar-refractivity contribution in [3.63, 3.8) is 0 Å². The summed E-state index contributed by atoms with van der Waals surface area (Å²) in [7, 11) is -3.40. The van der Waals surface area contributed by atoms with Crippen molar-refractivity contribution in [1.82, 2.24) is 0 Å². The van der Waals surface area contributed by atoms with Gasteiger partial charge in [0.25, 0.3) is 5.91 Å². The Morgan fingerprint density at radius 2 is 1.96 bits per heavy atom. The number of nitrogens with one attached hydrogen (secondary N) is 1. The fraction of sp³-hybridized carbons (Fsp3) is 0.235. The SMILES string of the molecule is C[C@H]1Cc2ccccc2N1C(=O)c1ccc(NS(C)(=O)=O)cc1Cl. The Balaban J connectivity index is 1.94. The van der Waals surface area contributed by atoms with Crippen LogP contribution >= 0.6 is 11.6 Å². The summed E-state index contributed by atoms with van der Waals surface area (Å²) >= 11 is 6.22. The molecule has 0 fully saturated rings. The second kappa shape index (κ2) is 6.11. The molecule has 126 valence electrons. The highest BCUT2D eigenvalue weighted by atomic mass is 35.5. The lowest BCUT2D eigenvalue weighted by Gasteiger charge is -2.23. The van der Waals surface area contributed by atoms with E-state index in [1.54, 1.807) is 11.0 Å². The van der Waals surface area contributed by atoms with Crippen molar-refractivity contribution in [3.05, 3.63) is 58.6 Å². The molecular formula is C17H17ClN2O3S. The molecule has 1 aliphatic rings. The fourth-order valence-electron chi connectivity index (χ4n) is 2.97. The van der Waals surface area contributed by atoms with Gasteiger partial charge in [-0.2, -0.15) is 0 Å². The molecule has 0 radical (unpaired) electrons. The maximum atomic E-state index is 12.9. The number of benzene rings is 2. The number of hydrogen-bond acceptors (Lipinski definition) is 3. The van der Waals surface area contributed by atoms with Gasteiger partial charge in [-0.05, 0) is 43.2 Å². The molecule has 0 saturated heterocycles. The third-order valence-electron chi connectivity index (χ3n) is 3.93. The number of anilines is 2. The number of rotatable bonds is 3. The summed E-state index contributed by atoms with van der Waals surface area (Å²) < 4.78 is 24.9. The second-order valence-corrected chi connectivity index (χ2v) is 8.08. The molecule has 0 spiro atoms. The number of amides is 1. The number of carbonyl (C=O) groups excluding carboxylic acids is 1. The minimum Gasteiger partial charge on any atom is -0.305 e. The maximum absolute atomic E-state index is 12.9. The molecule has 0 saturated carbocycles. The van der Waals surface area contributed by atoms with Gasteiger partial charge in [-0.1, -0.05) is 29.8 Å². The summed E-state index contributed by atoms with van der Waals surface area (Å²) in [4.78, 5) is 14.7. The molecule has 1 atom stereocenters. The quantitative estimate of drug-likeness (QED) is 0.908. The number of carbonyl (C=O) groups is 1. The Kier molecular flexibility index (Phi) is 4.27. The molecule has 0 unspecified atom stereocenters. The summed E-state index contributed by atoms with van der Waals surface area (Å²) in [5.41, 5.74) is 2.70. The van der Waals surface area contributed by atoms with Crippen LogP contribution in [0.4, 0.5) is 11.4 Å². The van der Waals surface area contributed by atoms with Crippen molar-refractivity contribution in [1.29, 1.82) is 0 Å². The molecule has 3 rings (SSSR count). The van der Waals surface area contributed by atoms with E-state index >= 15 is 0 Å². The first-order valence-corrected chi connectivity index (χ1v) is 9.72. The van der Waals surface area contributed by atoms with Crippen LogP contribution in [0, 0.1) is 0 Å². The predicted molar refractivity (Wildman–Crippen MR) is 96.3 cm³/mol. The first-order valence-electron chi connectivity index (χ1n) is 7.45. The zero-order chi connectivity index (χ0) is 17.5. The number of para-hydroxylation sites is 1. The van der Waals surface area contributed by atoms with Gasteiger partial charge in [0.2, 0.25) is 10.0 Å². The van der Waals surface area contributed by atoms with Crippen LogP contribution in [-0.4, -0.2) is 26.6 Å². The van der Waals surface area contributed by atoms with E-state index in [9.17, 15) is 13.2 Å². The minimum absolute atomic E-state index is 0.0415. The number of nitrogens with zero attached hydrogens (tertiary/aromatic N) is 1. The van der Waals surface area contributed by atoms with Gasteiger partial charge in [0.15, 0.2) is 0 Å². The van der Waals surface area contributed by atoms with Crippen LogP contribution in [0.2, 0.25) is 5.02 Å². The molecule has 24 heavy (non-hydrogen) atoms. The number of sulfonamides is 1. The molecule has 1 heterocycles. The molecule has 1 aliphatic heterocycles. The van der Waals surface area contributed by atoms with Crippen molar-refractivity contribution >= 4 is 38.9 Å². The molecule has 0 aromatic heterocycles. The van der Waals surface area contributed by atoms with Crippen molar-refractivity contribution in [3.8, 4) is 0 Å². The molecule has 5 nitrogen and oxygen atoms in total.